The summed E-state index contributed by atoms with van der Waals surface area (Å²) in [5.41, 5.74) is 6.46. The van der Waals surface area contributed by atoms with E-state index < -0.39 is 23.8 Å². The summed E-state index contributed by atoms with van der Waals surface area (Å²) in [4.78, 5) is 40.3. The number of hydrogen-bond acceptors (Lipinski definition) is 7. The van der Waals surface area contributed by atoms with Crippen LogP contribution in [-0.4, -0.2) is 44.8 Å². The SMILES string of the molecule is Cc1nc(NC(C)c2cccc(C(F)F)c2F)c2cc(-c3cccc(CN4CCC(c5ccc(C6CCC(=O)NC6=O)cc5C)CC4)c3)ncc2n1. The van der Waals surface area contributed by atoms with Crippen LogP contribution in [0.2, 0.25) is 0 Å². The van der Waals surface area contributed by atoms with Crippen molar-refractivity contribution in [2.45, 2.75) is 77.3 Å². The number of rotatable bonds is 9. The average molecular weight is 707 g/mol. The van der Waals surface area contributed by atoms with E-state index in [1.807, 2.05) is 18.2 Å². The molecule has 268 valence electrons. The molecule has 2 fully saturated rings. The third kappa shape index (κ3) is 7.41. The number of benzene rings is 3. The summed E-state index contributed by atoms with van der Waals surface area (Å²) in [5, 5.41) is 6.40. The molecule has 8 nitrogen and oxygen atoms in total. The van der Waals surface area contributed by atoms with Gasteiger partial charge in [0, 0.05) is 29.5 Å². The third-order valence-corrected chi connectivity index (χ3v) is 10.4. The molecule has 2 amide bonds. The number of pyridine rings is 1. The minimum atomic E-state index is -2.91. The first kappa shape index (κ1) is 35.3. The monoisotopic (exact) mass is 706 g/mol. The van der Waals surface area contributed by atoms with Crippen molar-refractivity contribution in [2.75, 3.05) is 18.4 Å². The highest BCUT2D eigenvalue weighted by Gasteiger charge is 2.29. The Bertz CT molecular complexity index is 2150. The molecular formula is C41H41F3N6O2. The molecular weight excluding hydrogens is 665 g/mol. The van der Waals surface area contributed by atoms with Gasteiger partial charge in [0.25, 0.3) is 6.43 Å². The van der Waals surface area contributed by atoms with Crippen LogP contribution in [0.5, 0.6) is 0 Å². The molecule has 0 aliphatic carbocycles. The second-order valence-corrected chi connectivity index (χ2v) is 14.0. The number of amides is 2. The maximum absolute atomic E-state index is 15.0. The Morgan fingerprint density at radius 1 is 0.942 bits per heavy atom. The van der Waals surface area contributed by atoms with Gasteiger partial charge in [-0.3, -0.25) is 24.8 Å². The van der Waals surface area contributed by atoms with Gasteiger partial charge in [-0.2, -0.15) is 0 Å². The first-order valence-corrected chi connectivity index (χ1v) is 17.8. The molecule has 4 heterocycles. The van der Waals surface area contributed by atoms with Crippen LogP contribution in [0.3, 0.4) is 0 Å². The number of hydrogen-bond donors (Lipinski definition) is 2. The predicted octanol–water partition coefficient (Wildman–Crippen LogP) is 8.46. The zero-order valence-corrected chi connectivity index (χ0v) is 29.4. The van der Waals surface area contributed by atoms with Gasteiger partial charge in [-0.25, -0.2) is 23.1 Å². The first-order chi connectivity index (χ1) is 25.0. The zero-order valence-electron chi connectivity index (χ0n) is 29.4. The Morgan fingerprint density at radius 3 is 2.46 bits per heavy atom. The molecule has 7 rings (SSSR count). The van der Waals surface area contributed by atoms with Crippen molar-refractivity contribution in [3.8, 4) is 11.3 Å². The average Bonchev–Trinajstić information content (AvgIpc) is 3.12. The second kappa shape index (κ2) is 14.8. The van der Waals surface area contributed by atoms with Crippen molar-refractivity contribution in [1.82, 2.24) is 25.2 Å². The largest absolute Gasteiger partial charge is 0.363 e. The molecule has 0 radical (unpaired) electrons. The van der Waals surface area contributed by atoms with Gasteiger partial charge in [0.2, 0.25) is 11.8 Å². The Morgan fingerprint density at radius 2 is 1.71 bits per heavy atom. The molecule has 11 heteroatoms. The number of anilines is 1. The molecule has 2 aliphatic rings. The standard InChI is InChI=1S/C41H41F3N6O2/c1-23-18-28(32-12-13-37(51)49-41(32)52)10-11-30(23)27-14-16-50(17-15-27)22-26-6-4-7-29(19-26)35-20-34-36(21-45-35)47-25(3)48-40(34)46-24(2)31-8-5-9-33(38(31)42)39(43)44/h4-11,18-21,24,27,32,39H,12-17,22H2,1-3H3,(H,46,47,48)(H,49,51,52). The van der Waals surface area contributed by atoms with Crippen LogP contribution in [0.4, 0.5) is 19.0 Å². The van der Waals surface area contributed by atoms with Gasteiger partial charge in [-0.05, 0) is 93.4 Å². The molecule has 2 aromatic heterocycles. The summed E-state index contributed by atoms with van der Waals surface area (Å²) in [5.74, 6) is -0.179. The zero-order chi connectivity index (χ0) is 36.5. The van der Waals surface area contributed by atoms with Gasteiger partial charge in [0.1, 0.15) is 17.5 Å². The molecule has 0 spiro atoms. The van der Waals surface area contributed by atoms with E-state index in [0.717, 1.165) is 55.4 Å². The van der Waals surface area contributed by atoms with E-state index in [9.17, 15) is 22.8 Å². The quantitative estimate of drug-likeness (QED) is 0.148. The van der Waals surface area contributed by atoms with Crippen LogP contribution in [0.25, 0.3) is 22.2 Å². The number of fused-ring (bicyclic) bond motifs is 1. The van der Waals surface area contributed by atoms with E-state index in [2.05, 4.69) is 62.8 Å². The van der Waals surface area contributed by atoms with E-state index in [1.165, 1.54) is 28.8 Å². The van der Waals surface area contributed by atoms with Crippen molar-refractivity contribution >= 4 is 28.5 Å². The van der Waals surface area contributed by atoms with E-state index in [4.69, 9.17) is 4.98 Å². The van der Waals surface area contributed by atoms with Crippen LogP contribution in [0.15, 0.2) is 72.9 Å². The van der Waals surface area contributed by atoms with Crippen molar-refractivity contribution in [2.24, 2.45) is 0 Å². The fraction of sp³-hybridized carbons (Fsp3) is 0.341. The third-order valence-electron chi connectivity index (χ3n) is 10.4. The van der Waals surface area contributed by atoms with Gasteiger partial charge in [-0.1, -0.05) is 54.6 Å². The van der Waals surface area contributed by atoms with E-state index in [-0.39, 0.29) is 23.3 Å². The molecule has 5 aromatic rings. The maximum Gasteiger partial charge on any atom is 0.266 e. The van der Waals surface area contributed by atoms with Crippen LogP contribution in [0.1, 0.15) is 96.1 Å². The number of carbonyl (C=O) groups is 2. The molecule has 0 saturated carbocycles. The molecule has 0 bridgehead atoms. The fourth-order valence-corrected chi connectivity index (χ4v) is 7.64. The van der Waals surface area contributed by atoms with Crippen molar-refractivity contribution in [1.29, 1.82) is 0 Å². The minimum Gasteiger partial charge on any atom is -0.363 e. The van der Waals surface area contributed by atoms with Gasteiger partial charge in [0.05, 0.1) is 34.9 Å². The number of nitrogens with one attached hydrogen (secondary N) is 2. The molecule has 2 aliphatic heterocycles. The van der Waals surface area contributed by atoms with Crippen molar-refractivity contribution < 1.29 is 22.8 Å². The Kier molecular flexibility index (Phi) is 10.1. The normalized spacial score (nSPS) is 17.8. The van der Waals surface area contributed by atoms with Crippen LogP contribution < -0.4 is 10.6 Å². The van der Waals surface area contributed by atoms with Gasteiger partial charge in [0.15, 0.2) is 0 Å². The fourth-order valence-electron chi connectivity index (χ4n) is 7.64. The highest BCUT2D eigenvalue weighted by molar-refractivity contribution is 6.01. The van der Waals surface area contributed by atoms with Crippen molar-refractivity contribution in [3.05, 3.63) is 118 Å². The summed E-state index contributed by atoms with van der Waals surface area (Å²) in [6.45, 7) is 8.31. The lowest BCUT2D eigenvalue weighted by Gasteiger charge is -2.33. The lowest BCUT2D eigenvalue weighted by atomic mass is 9.83. The molecule has 2 unspecified atom stereocenters. The number of carbonyl (C=O) groups excluding carboxylic acids is 2. The highest BCUT2D eigenvalue weighted by Crippen LogP contribution is 2.35. The number of halogens is 3. The van der Waals surface area contributed by atoms with Crippen LogP contribution in [0, 0.1) is 19.7 Å². The molecule has 52 heavy (non-hydrogen) atoms. The summed E-state index contributed by atoms with van der Waals surface area (Å²) in [6, 6.07) is 20.0. The number of alkyl halides is 2. The number of aryl methyl sites for hydroxylation is 2. The molecule has 2 N–H and O–H groups in total. The topological polar surface area (TPSA) is 100 Å². The number of imide groups is 1. The van der Waals surface area contributed by atoms with Crippen LogP contribution >= 0.6 is 0 Å². The Hall–Kier alpha value is -5.16. The first-order valence-electron chi connectivity index (χ1n) is 17.8. The van der Waals surface area contributed by atoms with Gasteiger partial charge in [-0.15, -0.1) is 0 Å². The lowest BCUT2D eigenvalue weighted by molar-refractivity contribution is -0.134. The summed E-state index contributed by atoms with van der Waals surface area (Å²) in [7, 11) is 0. The number of piperidine rings is 2. The Labute approximate surface area is 300 Å². The molecule has 2 saturated heterocycles. The second-order valence-electron chi connectivity index (χ2n) is 14.0. The smallest absolute Gasteiger partial charge is 0.266 e. The molecule has 2 atom stereocenters. The summed E-state index contributed by atoms with van der Waals surface area (Å²) < 4.78 is 41.8. The predicted molar refractivity (Wildman–Crippen MR) is 194 cm³/mol. The summed E-state index contributed by atoms with van der Waals surface area (Å²) >= 11 is 0. The van der Waals surface area contributed by atoms with E-state index in [1.54, 1.807) is 20.0 Å². The highest BCUT2D eigenvalue weighted by atomic mass is 19.3. The summed E-state index contributed by atoms with van der Waals surface area (Å²) in [6.07, 6.45) is 1.79. The van der Waals surface area contributed by atoms with E-state index in [0.29, 0.717) is 41.3 Å². The van der Waals surface area contributed by atoms with Gasteiger partial charge >= 0.3 is 0 Å². The number of likely N-dealkylation sites (tertiary alicyclic amines) is 1. The van der Waals surface area contributed by atoms with Crippen LogP contribution in [-0.2, 0) is 16.1 Å². The number of aromatic nitrogens is 3. The van der Waals surface area contributed by atoms with Gasteiger partial charge < -0.3 is 5.32 Å². The molecule has 3 aromatic carbocycles. The minimum absolute atomic E-state index is 0.131. The Balaban J connectivity index is 1.03. The maximum atomic E-state index is 15.0. The van der Waals surface area contributed by atoms with E-state index >= 15 is 0 Å². The van der Waals surface area contributed by atoms with Crippen molar-refractivity contribution in [3.63, 3.8) is 0 Å². The number of nitrogens with zero attached hydrogens (tertiary/aromatic N) is 4. The lowest BCUT2D eigenvalue weighted by Crippen LogP contribution is -2.39.